The number of benzene rings is 2. The Bertz CT molecular complexity index is 795. The highest BCUT2D eigenvalue weighted by Crippen LogP contribution is 2.47. The molecule has 0 aromatic heterocycles. The molecule has 0 aliphatic heterocycles. The lowest BCUT2D eigenvalue weighted by molar-refractivity contribution is 0.0527. The predicted molar refractivity (Wildman–Crippen MR) is 102 cm³/mol. The number of urea groups is 1. The number of amides is 2. The lowest BCUT2D eigenvalue weighted by Gasteiger charge is -2.18. The first kappa shape index (κ1) is 18.0. The molecular weight excluding hydrogens is 328 g/mol. The molecule has 1 aliphatic rings. The molecule has 2 aromatic rings. The van der Waals surface area contributed by atoms with Crippen LogP contribution in [-0.4, -0.2) is 25.2 Å². The van der Waals surface area contributed by atoms with Gasteiger partial charge >= 0.3 is 12.0 Å². The first-order chi connectivity index (χ1) is 12.5. The number of carbonyl (C=O) groups is 2. The zero-order chi connectivity index (χ0) is 18.6. The van der Waals surface area contributed by atoms with Crippen LogP contribution in [0.4, 0.5) is 10.5 Å². The van der Waals surface area contributed by atoms with Crippen molar-refractivity contribution in [2.75, 3.05) is 18.5 Å². The average Bonchev–Trinajstić information content (AvgIpc) is 3.42. The predicted octanol–water partition coefficient (Wildman–Crippen LogP) is 4.03. The summed E-state index contributed by atoms with van der Waals surface area (Å²) in [6, 6.07) is 15.0. The van der Waals surface area contributed by atoms with Crippen molar-refractivity contribution in [3.63, 3.8) is 0 Å². The van der Waals surface area contributed by atoms with E-state index in [1.807, 2.05) is 0 Å². The Labute approximate surface area is 153 Å². The van der Waals surface area contributed by atoms with Crippen LogP contribution in [0, 0.1) is 6.92 Å². The minimum atomic E-state index is -0.443. The van der Waals surface area contributed by atoms with E-state index >= 15 is 0 Å². The van der Waals surface area contributed by atoms with E-state index in [2.05, 4.69) is 41.8 Å². The van der Waals surface area contributed by atoms with Crippen molar-refractivity contribution in [2.45, 2.75) is 32.1 Å². The Hall–Kier alpha value is -2.82. The van der Waals surface area contributed by atoms with E-state index < -0.39 is 5.97 Å². The Balaban J connectivity index is 1.62. The van der Waals surface area contributed by atoms with Crippen molar-refractivity contribution in [1.29, 1.82) is 0 Å². The van der Waals surface area contributed by atoms with Crippen molar-refractivity contribution < 1.29 is 14.3 Å². The number of rotatable bonds is 6. The highest BCUT2D eigenvalue weighted by atomic mass is 16.5. The first-order valence-corrected chi connectivity index (χ1v) is 8.92. The third kappa shape index (κ3) is 4.04. The number of nitrogens with one attached hydrogen (secondary N) is 2. The third-order valence-corrected chi connectivity index (χ3v) is 4.78. The molecule has 2 aromatic carbocycles. The number of para-hydroxylation sites is 1. The van der Waals surface area contributed by atoms with Gasteiger partial charge in [-0.15, -0.1) is 0 Å². The topological polar surface area (TPSA) is 67.4 Å². The number of ether oxygens (including phenoxy) is 1. The second-order valence-corrected chi connectivity index (χ2v) is 6.72. The van der Waals surface area contributed by atoms with Crippen LogP contribution >= 0.6 is 0 Å². The van der Waals surface area contributed by atoms with Gasteiger partial charge in [0, 0.05) is 12.0 Å². The van der Waals surface area contributed by atoms with Gasteiger partial charge in [-0.05, 0) is 44.4 Å². The lowest BCUT2D eigenvalue weighted by Crippen LogP contribution is -2.35. The van der Waals surface area contributed by atoms with Crippen LogP contribution in [0.1, 0.15) is 41.3 Å². The summed E-state index contributed by atoms with van der Waals surface area (Å²) in [5.74, 6) is -0.443. The molecule has 2 amide bonds. The van der Waals surface area contributed by atoms with Crippen LogP contribution in [0.2, 0.25) is 0 Å². The molecule has 2 N–H and O–H groups in total. The molecule has 26 heavy (non-hydrogen) atoms. The minimum absolute atomic E-state index is 0.0334. The van der Waals surface area contributed by atoms with E-state index in [-0.39, 0.29) is 11.4 Å². The molecule has 3 rings (SSSR count). The molecule has 5 nitrogen and oxygen atoms in total. The smallest absolute Gasteiger partial charge is 0.340 e. The summed E-state index contributed by atoms with van der Waals surface area (Å²) in [6.07, 6.45) is 2.13. The van der Waals surface area contributed by atoms with Crippen molar-refractivity contribution in [3.8, 4) is 0 Å². The molecule has 1 fully saturated rings. The molecule has 0 spiro atoms. The molecule has 1 aliphatic carbocycles. The largest absolute Gasteiger partial charge is 0.462 e. The van der Waals surface area contributed by atoms with Crippen molar-refractivity contribution in [2.24, 2.45) is 0 Å². The summed E-state index contributed by atoms with van der Waals surface area (Å²) in [5, 5.41) is 5.70. The second-order valence-electron chi connectivity index (χ2n) is 6.72. The maximum absolute atomic E-state index is 12.3. The Morgan fingerprint density at radius 2 is 1.77 bits per heavy atom. The summed E-state index contributed by atoms with van der Waals surface area (Å²) in [7, 11) is 0. The molecule has 0 radical (unpaired) electrons. The van der Waals surface area contributed by atoms with Crippen LogP contribution in [0.25, 0.3) is 0 Å². The SMILES string of the molecule is CCOC(=O)c1ccccc1NC(=O)NCC1(c2ccc(C)cc2)CC1. The van der Waals surface area contributed by atoms with Crippen LogP contribution in [0.3, 0.4) is 0 Å². The quantitative estimate of drug-likeness (QED) is 0.772. The molecule has 1 saturated carbocycles. The van der Waals surface area contributed by atoms with Gasteiger partial charge < -0.3 is 15.4 Å². The van der Waals surface area contributed by atoms with Gasteiger partial charge in [0.05, 0.1) is 17.9 Å². The maximum Gasteiger partial charge on any atom is 0.340 e. The number of esters is 1. The molecule has 136 valence electrons. The fourth-order valence-corrected chi connectivity index (χ4v) is 3.02. The van der Waals surface area contributed by atoms with Gasteiger partial charge in [0.2, 0.25) is 0 Å². The summed E-state index contributed by atoms with van der Waals surface area (Å²) in [4.78, 5) is 24.3. The molecule has 5 heteroatoms. The first-order valence-electron chi connectivity index (χ1n) is 8.92. The lowest BCUT2D eigenvalue weighted by atomic mass is 9.95. The third-order valence-electron chi connectivity index (χ3n) is 4.78. The van der Waals surface area contributed by atoms with E-state index in [1.54, 1.807) is 31.2 Å². The van der Waals surface area contributed by atoms with Gasteiger partial charge in [-0.25, -0.2) is 9.59 Å². The number of carbonyl (C=O) groups excluding carboxylic acids is 2. The van der Waals surface area contributed by atoms with Gasteiger partial charge in [0.1, 0.15) is 0 Å². The van der Waals surface area contributed by atoms with E-state index in [1.165, 1.54) is 11.1 Å². The zero-order valence-corrected chi connectivity index (χ0v) is 15.2. The Morgan fingerprint density at radius 1 is 1.08 bits per heavy atom. The molecular formula is C21H24N2O3. The Kier molecular flexibility index (Phi) is 5.26. The van der Waals surface area contributed by atoms with Gasteiger partial charge in [-0.2, -0.15) is 0 Å². The fourth-order valence-electron chi connectivity index (χ4n) is 3.02. The van der Waals surface area contributed by atoms with Gasteiger partial charge in [-0.3, -0.25) is 0 Å². The highest BCUT2D eigenvalue weighted by molar-refractivity contribution is 6.00. The fraction of sp³-hybridized carbons (Fsp3) is 0.333. The monoisotopic (exact) mass is 352 g/mol. The van der Waals surface area contributed by atoms with Crippen LogP contribution < -0.4 is 10.6 Å². The van der Waals surface area contributed by atoms with Crippen molar-refractivity contribution >= 4 is 17.7 Å². The van der Waals surface area contributed by atoms with E-state index in [9.17, 15) is 9.59 Å². The normalized spacial score (nSPS) is 14.4. The van der Waals surface area contributed by atoms with Gasteiger partial charge in [0.25, 0.3) is 0 Å². The zero-order valence-electron chi connectivity index (χ0n) is 15.2. The molecule has 0 unspecified atom stereocenters. The summed E-state index contributed by atoms with van der Waals surface area (Å²) in [5.41, 5.74) is 3.32. The number of aryl methyl sites for hydroxylation is 1. The molecule has 0 saturated heterocycles. The number of anilines is 1. The maximum atomic E-state index is 12.3. The average molecular weight is 352 g/mol. The Morgan fingerprint density at radius 3 is 2.42 bits per heavy atom. The number of hydrogen-bond acceptors (Lipinski definition) is 3. The summed E-state index contributed by atoms with van der Waals surface area (Å²) < 4.78 is 5.03. The van der Waals surface area contributed by atoms with E-state index in [0.717, 1.165) is 12.8 Å². The molecule has 0 bridgehead atoms. The van der Waals surface area contributed by atoms with Gasteiger partial charge in [0.15, 0.2) is 0 Å². The molecule has 0 atom stereocenters. The van der Waals surface area contributed by atoms with E-state index in [4.69, 9.17) is 4.74 Å². The van der Waals surface area contributed by atoms with Crippen LogP contribution in [0.5, 0.6) is 0 Å². The van der Waals surface area contributed by atoms with Crippen molar-refractivity contribution in [1.82, 2.24) is 5.32 Å². The van der Waals surface area contributed by atoms with Crippen LogP contribution in [0.15, 0.2) is 48.5 Å². The minimum Gasteiger partial charge on any atom is -0.462 e. The molecule has 0 heterocycles. The van der Waals surface area contributed by atoms with Crippen LogP contribution in [-0.2, 0) is 10.2 Å². The highest BCUT2D eigenvalue weighted by Gasteiger charge is 2.44. The van der Waals surface area contributed by atoms with E-state index in [0.29, 0.717) is 24.4 Å². The van der Waals surface area contributed by atoms with Gasteiger partial charge in [-0.1, -0.05) is 42.0 Å². The van der Waals surface area contributed by atoms with Crippen molar-refractivity contribution in [3.05, 3.63) is 65.2 Å². The second kappa shape index (κ2) is 7.60. The standard InChI is InChI=1S/C21H24N2O3/c1-3-26-19(24)17-6-4-5-7-18(17)23-20(25)22-14-21(12-13-21)16-10-8-15(2)9-11-16/h4-11H,3,12-14H2,1-2H3,(H2,22,23,25). The number of hydrogen-bond donors (Lipinski definition) is 2. The summed E-state index contributed by atoms with van der Waals surface area (Å²) in [6.45, 7) is 4.68. The summed E-state index contributed by atoms with van der Waals surface area (Å²) >= 11 is 0.